The molecule has 0 atom stereocenters. The van der Waals surface area contributed by atoms with Gasteiger partial charge in [0, 0.05) is 20.1 Å². The third-order valence-electron chi connectivity index (χ3n) is 4.16. The highest BCUT2D eigenvalue weighted by atomic mass is 19.1. The molecule has 2 rings (SSSR count). The van der Waals surface area contributed by atoms with Crippen LogP contribution < -0.4 is 29.6 Å². The van der Waals surface area contributed by atoms with Gasteiger partial charge < -0.3 is 29.6 Å². The Balaban J connectivity index is 2.00. The first kappa shape index (κ1) is 22.1. The molecule has 0 fully saturated rings. The van der Waals surface area contributed by atoms with Crippen molar-refractivity contribution in [1.29, 1.82) is 0 Å². The van der Waals surface area contributed by atoms with E-state index in [9.17, 15) is 4.39 Å². The third-order valence-corrected chi connectivity index (χ3v) is 4.16. The maximum atomic E-state index is 14.0. The van der Waals surface area contributed by atoms with E-state index in [1.165, 1.54) is 6.07 Å². The molecule has 8 heteroatoms. The number of methoxy groups -OCH3 is 3. The minimum Gasteiger partial charge on any atom is -0.493 e. The molecule has 29 heavy (non-hydrogen) atoms. The van der Waals surface area contributed by atoms with Crippen molar-refractivity contribution < 1.29 is 23.3 Å². The summed E-state index contributed by atoms with van der Waals surface area (Å²) in [7, 11) is 6.38. The van der Waals surface area contributed by atoms with Crippen LogP contribution in [0.4, 0.5) is 4.39 Å². The SMILES string of the molecule is CCOc1ccc(CNC(=NC)NCc2cc(OC)c(OC)c(OC)c2)cc1F. The summed E-state index contributed by atoms with van der Waals surface area (Å²) in [5.41, 5.74) is 1.70. The van der Waals surface area contributed by atoms with Gasteiger partial charge in [0.15, 0.2) is 29.0 Å². The Labute approximate surface area is 170 Å². The molecule has 0 saturated carbocycles. The van der Waals surface area contributed by atoms with Gasteiger partial charge in [-0.1, -0.05) is 6.07 Å². The Morgan fingerprint density at radius 2 is 1.52 bits per heavy atom. The van der Waals surface area contributed by atoms with E-state index < -0.39 is 0 Å². The molecule has 2 N–H and O–H groups in total. The van der Waals surface area contributed by atoms with E-state index in [2.05, 4.69) is 15.6 Å². The maximum Gasteiger partial charge on any atom is 0.203 e. The van der Waals surface area contributed by atoms with Gasteiger partial charge in [0.25, 0.3) is 0 Å². The molecule has 0 saturated heterocycles. The third kappa shape index (κ3) is 5.91. The summed E-state index contributed by atoms with van der Waals surface area (Å²) in [6.07, 6.45) is 0. The quantitative estimate of drug-likeness (QED) is 0.493. The molecule has 2 aromatic carbocycles. The van der Waals surface area contributed by atoms with Crippen LogP contribution in [0.5, 0.6) is 23.0 Å². The molecule has 0 amide bonds. The summed E-state index contributed by atoms with van der Waals surface area (Å²) >= 11 is 0. The van der Waals surface area contributed by atoms with Crippen LogP contribution in [0.25, 0.3) is 0 Å². The number of nitrogens with zero attached hydrogens (tertiary/aromatic N) is 1. The van der Waals surface area contributed by atoms with Crippen LogP contribution in [-0.4, -0.2) is 40.9 Å². The van der Waals surface area contributed by atoms with Crippen LogP contribution >= 0.6 is 0 Å². The monoisotopic (exact) mass is 405 g/mol. The molecule has 0 aliphatic carbocycles. The number of hydrogen-bond acceptors (Lipinski definition) is 5. The number of hydrogen-bond donors (Lipinski definition) is 2. The van der Waals surface area contributed by atoms with E-state index in [-0.39, 0.29) is 11.6 Å². The number of aliphatic imine (C=N–C) groups is 1. The molecule has 0 bridgehead atoms. The summed E-state index contributed by atoms with van der Waals surface area (Å²) < 4.78 is 35.3. The zero-order chi connectivity index (χ0) is 21.2. The number of nitrogens with one attached hydrogen (secondary N) is 2. The molecule has 0 aliphatic rings. The number of benzene rings is 2. The molecule has 7 nitrogen and oxygen atoms in total. The lowest BCUT2D eigenvalue weighted by Gasteiger charge is -2.16. The van der Waals surface area contributed by atoms with Crippen LogP contribution in [0.3, 0.4) is 0 Å². The maximum absolute atomic E-state index is 14.0. The van der Waals surface area contributed by atoms with Crippen molar-refractivity contribution in [2.45, 2.75) is 20.0 Å². The van der Waals surface area contributed by atoms with Crippen molar-refractivity contribution in [3.8, 4) is 23.0 Å². The van der Waals surface area contributed by atoms with E-state index >= 15 is 0 Å². The summed E-state index contributed by atoms with van der Waals surface area (Å²) in [5.74, 6) is 2.15. The molecule has 2 aromatic rings. The van der Waals surface area contributed by atoms with Gasteiger partial charge in [-0.3, -0.25) is 4.99 Å². The van der Waals surface area contributed by atoms with Gasteiger partial charge in [-0.2, -0.15) is 0 Å². The molecular formula is C21H28FN3O4. The molecule has 0 radical (unpaired) electrons. The zero-order valence-corrected chi connectivity index (χ0v) is 17.5. The smallest absolute Gasteiger partial charge is 0.203 e. The molecular weight excluding hydrogens is 377 g/mol. The van der Waals surface area contributed by atoms with Crippen molar-refractivity contribution in [3.05, 3.63) is 47.3 Å². The highest BCUT2D eigenvalue weighted by molar-refractivity contribution is 5.79. The predicted molar refractivity (Wildman–Crippen MR) is 111 cm³/mol. The Morgan fingerprint density at radius 3 is 2.00 bits per heavy atom. The number of guanidine groups is 1. The van der Waals surface area contributed by atoms with Crippen LogP contribution in [-0.2, 0) is 13.1 Å². The number of rotatable bonds is 9. The van der Waals surface area contributed by atoms with E-state index in [0.717, 1.165) is 11.1 Å². The average molecular weight is 405 g/mol. The van der Waals surface area contributed by atoms with Gasteiger partial charge in [-0.25, -0.2) is 4.39 Å². The van der Waals surface area contributed by atoms with E-state index in [0.29, 0.717) is 42.9 Å². The Bertz CT molecular complexity index is 818. The topological polar surface area (TPSA) is 73.3 Å². The van der Waals surface area contributed by atoms with Crippen LogP contribution in [0, 0.1) is 5.82 Å². The molecule has 0 aromatic heterocycles. The van der Waals surface area contributed by atoms with E-state index in [4.69, 9.17) is 18.9 Å². The lowest BCUT2D eigenvalue weighted by Crippen LogP contribution is -2.36. The second-order valence-electron chi connectivity index (χ2n) is 6.01. The van der Waals surface area contributed by atoms with Crippen molar-refractivity contribution in [3.63, 3.8) is 0 Å². The van der Waals surface area contributed by atoms with Crippen LogP contribution in [0.1, 0.15) is 18.1 Å². The molecule has 158 valence electrons. The van der Waals surface area contributed by atoms with Crippen molar-refractivity contribution >= 4 is 5.96 Å². The Kier molecular flexibility index (Phi) is 8.39. The van der Waals surface area contributed by atoms with E-state index in [1.807, 2.05) is 25.1 Å². The molecule has 0 aliphatic heterocycles. The fraction of sp³-hybridized carbons (Fsp3) is 0.381. The summed E-state index contributed by atoms with van der Waals surface area (Å²) in [6, 6.07) is 8.62. The summed E-state index contributed by atoms with van der Waals surface area (Å²) in [6.45, 7) is 3.14. The van der Waals surface area contributed by atoms with Gasteiger partial charge in [0.2, 0.25) is 5.75 Å². The Morgan fingerprint density at radius 1 is 0.897 bits per heavy atom. The minimum atomic E-state index is -0.383. The number of halogens is 1. The van der Waals surface area contributed by atoms with Gasteiger partial charge in [-0.05, 0) is 42.3 Å². The highest BCUT2D eigenvalue weighted by Gasteiger charge is 2.13. The second-order valence-corrected chi connectivity index (χ2v) is 6.01. The van der Waals surface area contributed by atoms with E-state index in [1.54, 1.807) is 34.4 Å². The minimum absolute atomic E-state index is 0.251. The normalized spacial score (nSPS) is 11.0. The van der Waals surface area contributed by atoms with Gasteiger partial charge >= 0.3 is 0 Å². The van der Waals surface area contributed by atoms with Gasteiger partial charge in [0.05, 0.1) is 27.9 Å². The Hall–Kier alpha value is -3.16. The molecule has 0 unspecified atom stereocenters. The second kappa shape index (κ2) is 11.0. The van der Waals surface area contributed by atoms with Crippen molar-refractivity contribution in [2.24, 2.45) is 4.99 Å². The predicted octanol–water partition coefficient (Wildman–Crippen LogP) is 3.12. The molecule has 0 heterocycles. The van der Waals surface area contributed by atoms with Crippen molar-refractivity contribution in [1.82, 2.24) is 10.6 Å². The fourth-order valence-corrected chi connectivity index (χ4v) is 2.76. The summed E-state index contributed by atoms with van der Waals surface area (Å²) in [4.78, 5) is 4.20. The van der Waals surface area contributed by atoms with Crippen LogP contribution in [0.2, 0.25) is 0 Å². The lowest BCUT2D eigenvalue weighted by atomic mass is 10.2. The highest BCUT2D eigenvalue weighted by Crippen LogP contribution is 2.38. The van der Waals surface area contributed by atoms with Crippen molar-refractivity contribution in [2.75, 3.05) is 35.0 Å². The van der Waals surface area contributed by atoms with Crippen LogP contribution in [0.15, 0.2) is 35.3 Å². The fourth-order valence-electron chi connectivity index (χ4n) is 2.76. The largest absolute Gasteiger partial charge is 0.493 e. The zero-order valence-electron chi connectivity index (χ0n) is 17.5. The van der Waals surface area contributed by atoms with Gasteiger partial charge in [-0.15, -0.1) is 0 Å². The number of ether oxygens (including phenoxy) is 4. The first-order valence-electron chi connectivity index (χ1n) is 9.20. The standard InChI is InChI=1S/C21H28FN3O4/c1-6-29-17-8-7-14(9-16(17)22)12-24-21(23-2)25-13-15-10-18(26-3)20(28-5)19(11-15)27-4/h7-11H,6,12-13H2,1-5H3,(H2,23,24,25). The lowest BCUT2D eigenvalue weighted by molar-refractivity contribution is 0.321. The average Bonchev–Trinajstić information content (AvgIpc) is 2.74. The molecule has 0 spiro atoms. The van der Waals surface area contributed by atoms with Gasteiger partial charge in [0.1, 0.15) is 0 Å². The first-order chi connectivity index (χ1) is 14.1. The first-order valence-corrected chi connectivity index (χ1v) is 9.20. The summed E-state index contributed by atoms with van der Waals surface area (Å²) in [5, 5.41) is 6.37.